The Morgan fingerprint density at radius 1 is 1.04 bits per heavy atom. The number of carboxylic acids is 1. The lowest BCUT2D eigenvalue weighted by atomic mass is 10.1. The number of benzene rings is 2. The summed E-state index contributed by atoms with van der Waals surface area (Å²) in [5.74, 6) is -1.19. The van der Waals surface area contributed by atoms with Crippen LogP contribution in [0.5, 0.6) is 5.75 Å². The van der Waals surface area contributed by atoms with E-state index < -0.39 is 5.97 Å². The fourth-order valence-corrected chi connectivity index (χ4v) is 2.09. The molecule has 2 aromatic carbocycles. The minimum Gasteiger partial charge on any atom is -0.488 e. The fraction of sp³-hybridized carbons (Fsp3) is 0.222. The number of ether oxygens (including phenoxy) is 2. The molecule has 0 fully saturated rings. The zero-order valence-electron chi connectivity index (χ0n) is 12.8. The second-order valence-corrected chi connectivity index (χ2v) is 4.89. The molecule has 0 saturated heterocycles. The molecule has 1 N–H and O–H groups in total. The summed E-state index contributed by atoms with van der Waals surface area (Å²) in [6.07, 6.45) is 0.0788. The van der Waals surface area contributed by atoms with Crippen molar-refractivity contribution < 1.29 is 24.2 Å². The van der Waals surface area contributed by atoms with Gasteiger partial charge in [0.2, 0.25) is 0 Å². The number of carbonyl (C=O) groups excluding carboxylic acids is 1. The van der Waals surface area contributed by atoms with Gasteiger partial charge in [-0.15, -0.1) is 0 Å². The second kappa shape index (κ2) is 7.98. The van der Waals surface area contributed by atoms with Gasteiger partial charge in [0.1, 0.15) is 17.9 Å². The van der Waals surface area contributed by atoms with E-state index in [0.29, 0.717) is 12.2 Å². The molecular weight excluding hydrogens is 296 g/mol. The van der Waals surface area contributed by atoms with E-state index in [1.165, 1.54) is 6.07 Å². The van der Waals surface area contributed by atoms with Crippen LogP contribution in [-0.4, -0.2) is 23.7 Å². The molecule has 0 spiro atoms. The van der Waals surface area contributed by atoms with Crippen molar-refractivity contribution in [3.63, 3.8) is 0 Å². The molecule has 0 radical (unpaired) electrons. The Balaban J connectivity index is 2.16. The summed E-state index contributed by atoms with van der Waals surface area (Å²) in [6, 6.07) is 14.1. The van der Waals surface area contributed by atoms with Gasteiger partial charge in [-0.3, -0.25) is 4.79 Å². The predicted octanol–water partition coefficient (Wildman–Crippen LogP) is 3.07. The first-order valence-electron chi connectivity index (χ1n) is 7.28. The summed E-state index contributed by atoms with van der Waals surface area (Å²) in [4.78, 5) is 22.8. The van der Waals surface area contributed by atoms with E-state index in [1.54, 1.807) is 19.1 Å². The third-order valence-corrected chi connectivity index (χ3v) is 3.17. The van der Waals surface area contributed by atoms with Crippen molar-refractivity contribution in [2.45, 2.75) is 20.0 Å². The van der Waals surface area contributed by atoms with Crippen LogP contribution in [0.1, 0.15) is 28.4 Å². The van der Waals surface area contributed by atoms with E-state index in [0.717, 1.165) is 5.56 Å². The van der Waals surface area contributed by atoms with Crippen LogP contribution in [0.25, 0.3) is 0 Å². The molecule has 0 aliphatic rings. The van der Waals surface area contributed by atoms with Crippen molar-refractivity contribution in [2.24, 2.45) is 0 Å². The van der Waals surface area contributed by atoms with Gasteiger partial charge in [0, 0.05) is 0 Å². The quantitative estimate of drug-likeness (QED) is 0.795. The zero-order valence-corrected chi connectivity index (χ0v) is 12.8. The Kier molecular flexibility index (Phi) is 5.74. The first kappa shape index (κ1) is 16.5. The van der Waals surface area contributed by atoms with E-state index >= 15 is 0 Å². The van der Waals surface area contributed by atoms with Crippen molar-refractivity contribution in [1.82, 2.24) is 0 Å². The minimum absolute atomic E-state index is 0.0635. The highest BCUT2D eigenvalue weighted by molar-refractivity contribution is 5.91. The third-order valence-electron chi connectivity index (χ3n) is 3.17. The average molecular weight is 314 g/mol. The van der Waals surface area contributed by atoms with Crippen molar-refractivity contribution in [3.8, 4) is 5.75 Å². The Hall–Kier alpha value is -2.82. The van der Waals surface area contributed by atoms with Gasteiger partial charge in [0.25, 0.3) is 0 Å². The summed E-state index contributed by atoms with van der Waals surface area (Å²) in [6.45, 7) is 2.30. The van der Waals surface area contributed by atoms with Crippen LogP contribution in [0.4, 0.5) is 0 Å². The predicted molar refractivity (Wildman–Crippen MR) is 84.5 cm³/mol. The summed E-state index contributed by atoms with van der Waals surface area (Å²) in [5.41, 5.74) is 1.64. The summed E-state index contributed by atoms with van der Waals surface area (Å²) in [5, 5.41) is 9.25. The minimum atomic E-state index is -1.07. The van der Waals surface area contributed by atoms with Gasteiger partial charge in [-0.1, -0.05) is 36.4 Å². The molecule has 0 amide bonds. The largest absolute Gasteiger partial charge is 0.488 e. The summed E-state index contributed by atoms with van der Waals surface area (Å²) >= 11 is 0. The first-order valence-corrected chi connectivity index (χ1v) is 7.28. The van der Waals surface area contributed by atoms with Gasteiger partial charge >= 0.3 is 11.9 Å². The van der Waals surface area contributed by atoms with Crippen LogP contribution in [-0.2, 0) is 22.6 Å². The van der Waals surface area contributed by atoms with Crippen LogP contribution >= 0.6 is 0 Å². The van der Waals surface area contributed by atoms with Gasteiger partial charge in [0.15, 0.2) is 0 Å². The molecule has 0 unspecified atom stereocenters. The Morgan fingerprint density at radius 2 is 1.78 bits per heavy atom. The first-order chi connectivity index (χ1) is 11.1. The molecule has 2 rings (SSSR count). The van der Waals surface area contributed by atoms with Gasteiger partial charge in [-0.05, 0) is 30.2 Å². The van der Waals surface area contributed by atoms with E-state index in [-0.39, 0.29) is 30.3 Å². The number of carboxylic acid groups (broad SMARTS) is 1. The molecule has 0 saturated carbocycles. The lowest BCUT2D eigenvalue weighted by Crippen LogP contribution is -2.09. The van der Waals surface area contributed by atoms with Crippen LogP contribution in [0.2, 0.25) is 0 Å². The number of carbonyl (C=O) groups is 2. The summed E-state index contributed by atoms with van der Waals surface area (Å²) < 4.78 is 10.5. The molecule has 2 aromatic rings. The van der Waals surface area contributed by atoms with Crippen molar-refractivity contribution in [2.75, 3.05) is 6.61 Å². The zero-order chi connectivity index (χ0) is 16.7. The molecule has 0 aliphatic carbocycles. The maximum absolute atomic E-state index is 11.5. The molecule has 5 nitrogen and oxygen atoms in total. The van der Waals surface area contributed by atoms with Crippen molar-refractivity contribution in [3.05, 3.63) is 65.2 Å². The molecule has 0 bridgehead atoms. The van der Waals surface area contributed by atoms with Crippen LogP contribution < -0.4 is 4.74 Å². The second-order valence-electron chi connectivity index (χ2n) is 4.89. The molecule has 23 heavy (non-hydrogen) atoms. The fourth-order valence-electron chi connectivity index (χ4n) is 2.09. The SMILES string of the molecule is CCOC(=O)Cc1ccc(C(=O)O)c(OCc2ccccc2)c1. The normalized spacial score (nSPS) is 10.1. The van der Waals surface area contributed by atoms with Gasteiger partial charge in [0.05, 0.1) is 13.0 Å². The van der Waals surface area contributed by atoms with E-state index in [2.05, 4.69) is 0 Å². The molecule has 0 aliphatic heterocycles. The number of aromatic carboxylic acids is 1. The standard InChI is InChI=1S/C18H18O5/c1-2-22-17(19)11-14-8-9-15(18(20)21)16(10-14)23-12-13-6-4-3-5-7-13/h3-10H,2,11-12H2,1H3,(H,20,21). The maximum atomic E-state index is 11.5. The van der Waals surface area contributed by atoms with Crippen LogP contribution in [0.15, 0.2) is 48.5 Å². The number of rotatable bonds is 7. The lowest BCUT2D eigenvalue weighted by molar-refractivity contribution is -0.142. The van der Waals surface area contributed by atoms with Crippen molar-refractivity contribution in [1.29, 1.82) is 0 Å². The smallest absolute Gasteiger partial charge is 0.339 e. The molecule has 5 heteroatoms. The average Bonchev–Trinajstić information content (AvgIpc) is 2.54. The Labute approximate surface area is 134 Å². The van der Waals surface area contributed by atoms with Crippen molar-refractivity contribution >= 4 is 11.9 Å². The third kappa shape index (κ3) is 4.85. The monoisotopic (exact) mass is 314 g/mol. The molecule has 120 valence electrons. The van der Waals surface area contributed by atoms with Crippen LogP contribution in [0, 0.1) is 0 Å². The van der Waals surface area contributed by atoms with Gasteiger partial charge in [-0.25, -0.2) is 4.79 Å². The highest BCUT2D eigenvalue weighted by Crippen LogP contribution is 2.22. The highest BCUT2D eigenvalue weighted by atomic mass is 16.5. The topological polar surface area (TPSA) is 72.8 Å². The van der Waals surface area contributed by atoms with Crippen LogP contribution in [0.3, 0.4) is 0 Å². The van der Waals surface area contributed by atoms with E-state index in [1.807, 2.05) is 30.3 Å². The molecule has 0 heterocycles. The number of hydrogen-bond acceptors (Lipinski definition) is 4. The van der Waals surface area contributed by atoms with Gasteiger partial charge < -0.3 is 14.6 Å². The molecule has 0 atom stereocenters. The molecule has 0 aromatic heterocycles. The number of esters is 1. The van der Waals surface area contributed by atoms with Gasteiger partial charge in [-0.2, -0.15) is 0 Å². The summed E-state index contributed by atoms with van der Waals surface area (Å²) in [7, 11) is 0. The lowest BCUT2D eigenvalue weighted by Gasteiger charge is -2.11. The Morgan fingerprint density at radius 3 is 2.43 bits per heavy atom. The number of hydrogen-bond donors (Lipinski definition) is 1. The molecular formula is C18H18O5. The Bertz CT molecular complexity index is 679. The highest BCUT2D eigenvalue weighted by Gasteiger charge is 2.14. The van der Waals surface area contributed by atoms with E-state index in [9.17, 15) is 14.7 Å². The van der Waals surface area contributed by atoms with E-state index in [4.69, 9.17) is 9.47 Å². The maximum Gasteiger partial charge on any atom is 0.339 e.